The molecule has 3 rings (SSSR count). The summed E-state index contributed by atoms with van der Waals surface area (Å²) in [5.41, 5.74) is 0.665. The van der Waals surface area contributed by atoms with E-state index in [0.717, 1.165) is 24.4 Å². The predicted molar refractivity (Wildman–Crippen MR) is 81.6 cm³/mol. The Hall–Kier alpha value is -0.710. The Balaban J connectivity index is 1.94. The van der Waals surface area contributed by atoms with E-state index in [0.29, 0.717) is 30.9 Å². The van der Waals surface area contributed by atoms with Gasteiger partial charge in [0.1, 0.15) is 10.8 Å². The first-order valence-corrected chi connectivity index (χ1v) is 8.38. The predicted octanol–water partition coefficient (Wildman–Crippen LogP) is 3.83. The summed E-state index contributed by atoms with van der Waals surface area (Å²) in [5, 5.41) is 0.535. The van der Waals surface area contributed by atoms with Crippen molar-refractivity contribution in [3.05, 3.63) is 22.7 Å². The van der Waals surface area contributed by atoms with Crippen LogP contribution in [0.1, 0.15) is 62.9 Å². The third-order valence-electron chi connectivity index (χ3n) is 4.62. The summed E-state index contributed by atoms with van der Waals surface area (Å²) in [6.07, 6.45) is 6.57. The molecule has 1 aliphatic carbocycles. The van der Waals surface area contributed by atoms with Gasteiger partial charge in [-0.25, -0.2) is 9.97 Å². The molecule has 1 aromatic heterocycles. The maximum absolute atomic E-state index is 6.27. The second kappa shape index (κ2) is 6.59. The van der Waals surface area contributed by atoms with E-state index in [4.69, 9.17) is 26.1 Å². The molecule has 2 fully saturated rings. The third-order valence-corrected chi connectivity index (χ3v) is 4.81. The molecular formula is C16H23ClN2O2. The van der Waals surface area contributed by atoms with Crippen molar-refractivity contribution in [3.63, 3.8) is 0 Å². The fourth-order valence-electron chi connectivity index (χ4n) is 3.48. The zero-order valence-corrected chi connectivity index (χ0v) is 13.4. The highest BCUT2D eigenvalue weighted by Gasteiger charge is 2.39. The maximum Gasteiger partial charge on any atom is 0.162 e. The van der Waals surface area contributed by atoms with Gasteiger partial charge in [-0.3, -0.25) is 0 Å². The van der Waals surface area contributed by atoms with Crippen LogP contribution in [0.3, 0.4) is 0 Å². The van der Waals surface area contributed by atoms with Crippen LogP contribution in [0.25, 0.3) is 0 Å². The summed E-state index contributed by atoms with van der Waals surface area (Å²) in [4.78, 5) is 9.35. The smallest absolute Gasteiger partial charge is 0.162 e. The summed E-state index contributed by atoms with van der Waals surface area (Å²) in [5.74, 6) is 1.28. The number of halogens is 1. The van der Waals surface area contributed by atoms with Gasteiger partial charge in [-0.2, -0.15) is 0 Å². The average molecular weight is 311 g/mol. The van der Waals surface area contributed by atoms with E-state index >= 15 is 0 Å². The molecule has 0 amide bonds. The first-order chi connectivity index (χ1) is 10.2. The van der Waals surface area contributed by atoms with Crippen LogP contribution in [-0.2, 0) is 15.1 Å². The lowest BCUT2D eigenvalue weighted by Crippen LogP contribution is -2.38. The summed E-state index contributed by atoms with van der Waals surface area (Å²) in [6.45, 7) is 4.04. The zero-order valence-electron chi connectivity index (χ0n) is 12.6. The van der Waals surface area contributed by atoms with E-state index in [1.165, 1.54) is 25.7 Å². The van der Waals surface area contributed by atoms with Gasteiger partial charge < -0.3 is 9.47 Å². The normalized spacial score (nSPS) is 22.6. The largest absolute Gasteiger partial charge is 0.381 e. The first-order valence-electron chi connectivity index (χ1n) is 8.00. The lowest BCUT2D eigenvalue weighted by Gasteiger charge is -2.35. The quantitative estimate of drug-likeness (QED) is 0.793. The molecule has 0 N–H and O–H groups in total. The summed E-state index contributed by atoms with van der Waals surface area (Å²) in [7, 11) is 0. The molecule has 0 unspecified atom stereocenters. The van der Waals surface area contributed by atoms with Crippen molar-refractivity contribution in [2.75, 3.05) is 19.8 Å². The molecule has 21 heavy (non-hydrogen) atoms. The Morgan fingerprint density at radius 3 is 2.67 bits per heavy atom. The maximum atomic E-state index is 6.27. The van der Waals surface area contributed by atoms with E-state index in [-0.39, 0.29) is 0 Å². The number of ether oxygens (including phenoxy) is 2. The molecule has 0 spiro atoms. The van der Waals surface area contributed by atoms with E-state index < -0.39 is 5.60 Å². The van der Waals surface area contributed by atoms with Gasteiger partial charge in [-0.05, 0) is 25.8 Å². The van der Waals surface area contributed by atoms with Crippen molar-refractivity contribution in [2.24, 2.45) is 0 Å². The van der Waals surface area contributed by atoms with Gasteiger partial charge in [-0.1, -0.05) is 24.4 Å². The molecule has 1 saturated carbocycles. The minimum absolute atomic E-state index is 0.425. The van der Waals surface area contributed by atoms with Crippen molar-refractivity contribution < 1.29 is 9.47 Å². The summed E-state index contributed by atoms with van der Waals surface area (Å²) < 4.78 is 11.5. The van der Waals surface area contributed by atoms with E-state index in [1.54, 1.807) is 0 Å². The third kappa shape index (κ3) is 3.22. The van der Waals surface area contributed by atoms with E-state index in [2.05, 4.69) is 4.98 Å². The first kappa shape index (κ1) is 15.2. The van der Waals surface area contributed by atoms with Gasteiger partial charge in [0.15, 0.2) is 5.82 Å². The Kier molecular flexibility index (Phi) is 4.77. The highest BCUT2D eigenvalue weighted by atomic mass is 35.5. The molecule has 0 aromatic carbocycles. The molecule has 1 saturated heterocycles. The lowest BCUT2D eigenvalue weighted by molar-refractivity contribution is -0.118. The second-order valence-corrected chi connectivity index (χ2v) is 6.35. The number of hydrogen-bond donors (Lipinski definition) is 0. The average Bonchev–Trinajstić information content (AvgIpc) is 3.02. The molecule has 1 aliphatic heterocycles. The lowest BCUT2D eigenvalue weighted by atomic mass is 9.92. The van der Waals surface area contributed by atoms with Crippen LogP contribution in [0.2, 0.25) is 5.15 Å². The molecule has 0 atom stereocenters. The van der Waals surface area contributed by atoms with Crippen molar-refractivity contribution in [1.29, 1.82) is 0 Å². The summed E-state index contributed by atoms with van der Waals surface area (Å²) >= 11 is 6.27. The molecule has 2 aliphatic rings. The van der Waals surface area contributed by atoms with Crippen LogP contribution in [-0.4, -0.2) is 29.8 Å². The molecule has 5 heteroatoms. The standard InChI is InChI=1S/C16H23ClN2O2/c1-2-21-16(7-9-20-10-8-16)15-18-13(11-14(17)19-15)12-5-3-4-6-12/h11-12H,2-10H2,1H3. The fraction of sp³-hybridized carbons (Fsp3) is 0.750. The van der Waals surface area contributed by atoms with Crippen LogP contribution in [0.5, 0.6) is 0 Å². The number of aromatic nitrogens is 2. The highest BCUT2D eigenvalue weighted by Crippen LogP contribution is 2.38. The van der Waals surface area contributed by atoms with Crippen LogP contribution < -0.4 is 0 Å². The SMILES string of the molecule is CCOC1(c2nc(Cl)cc(C3CCCC3)n2)CCOCC1. The van der Waals surface area contributed by atoms with Crippen LogP contribution >= 0.6 is 11.6 Å². The Bertz CT molecular complexity index is 478. The van der Waals surface area contributed by atoms with Crippen molar-refractivity contribution in [2.45, 2.75) is 57.0 Å². The fourth-order valence-corrected chi connectivity index (χ4v) is 3.67. The molecule has 2 heterocycles. The topological polar surface area (TPSA) is 44.2 Å². The molecule has 0 radical (unpaired) electrons. The van der Waals surface area contributed by atoms with Crippen molar-refractivity contribution in [1.82, 2.24) is 9.97 Å². The van der Waals surface area contributed by atoms with Gasteiger partial charge in [0.2, 0.25) is 0 Å². The Labute approximate surface area is 131 Å². The molecule has 0 bridgehead atoms. The van der Waals surface area contributed by atoms with Gasteiger partial charge in [0.05, 0.1) is 0 Å². The number of nitrogens with zero attached hydrogens (tertiary/aromatic N) is 2. The van der Waals surface area contributed by atoms with Crippen molar-refractivity contribution >= 4 is 11.6 Å². The number of hydrogen-bond acceptors (Lipinski definition) is 4. The molecule has 1 aromatic rings. The van der Waals surface area contributed by atoms with Crippen LogP contribution in [0.15, 0.2) is 6.07 Å². The van der Waals surface area contributed by atoms with Gasteiger partial charge in [0.25, 0.3) is 0 Å². The number of rotatable bonds is 4. The van der Waals surface area contributed by atoms with Crippen LogP contribution in [0, 0.1) is 0 Å². The van der Waals surface area contributed by atoms with Crippen molar-refractivity contribution in [3.8, 4) is 0 Å². The highest BCUT2D eigenvalue weighted by molar-refractivity contribution is 6.29. The van der Waals surface area contributed by atoms with Gasteiger partial charge in [0, 0.05) is 44.3 Å². The monoisotopic (exact) mass is 310 g/mol. The minimum Gasteiger partial charge on any atom is -0.381 e. The van der Waals surface area contributed by atoms with Gasteiger partial charge >= 0.3 is 0 Å². The zero-order chi connectivity index (χ0) is 14.7. The van der Waals surface area contributed by atoms with E-state index in [1.807, 2.05) is 13.0 Å². The molecule has 4 nitrogen and oxygen atoms in total. The minimum atomic E-state index is -0.425. The second-order valence-electron chi connectivity index (χ2n) is 5.96. The van der Waals surface area contributed by atoms with Gasteiger partial charge in [-0.15, -0.1) is 0 Å². The Morgan fingerprint density at radius 1 is 1.29 bits per heavy atom. The Morgan fingerprint density at radius 2 is 2.00 bits per heavy atom. The molecular weight excluding hydrogens is 288 g/mol. The van der Waals surface area contributed by atoms with E-state index in [9.17, 15) is 0 Å². The summed E-state index contributed by atoms with van der Waals surface area (Å²) in [6, 6.07) is 1.93. The molecule has 116 valence electrons. The van der Waals surface area contributed by atoms with Crippen LogP contribution in [0.4, 0.5) is 0 Å².